The zero-order valence-corrected chi connectivity index (χ0v) is 10.9. The molecule has 17 heavy (non-hydrogen) atoms. The molecular formula is C14H19NOS. The molecule has 1 aromatic rings. The smallest absolute Gasteiger partial charge is 0.254 e. The summed E-state index contributed by atoms with van der Waals surface area (Å²) in [6, 6.07) is 2.49. The molecule has 0 bridgehead atoms. The van der Waals surface area contributed by atoms with Gasteiger partial charge in [-0.15, -0.1) is 0 Å². The monoisotopic (exact) mass is 249 g/mol. The summed E-state index contributed by atoms with van der Waals surface area (Å²) in [6.45, 7) is 0.968. The van der Waals surface area contributed by atoms with Gasteiger partial charge in [-0.1, -0.05) is 12.8 Å². The maximum absolute atomic E-state index is 12.4. The van der Waals surface area contributed by atoms with Gasteiger partial charge in [0.05, 0.1) is 5.56 Å². The van der Waals surface area contributed by atoms with Crippen LogP contribution in [0.1, 0.15) is 48.9 Å². The van der Waals surface area contributed by atoms with E-state index >= 15 is 0 Å². The quantitative estimate of drug-likeness (QED) is 0.745. The molecule has 2 heterocycles. The molecule has 0 radical (unpaired) electrons. The molecule has 0 N–H and O–H groups in total. The fourth-order valence-electron chi connectivity index (χ4n) is 3.43. The first kappa shape index (κ1) is 11.3. The third-order valence-corrected chi connectivity index (χ3v) is 4.96. The summed E-state index contributed by atoms with van der Waals surface area (Å²) in [5.74, 6) is 1.04. The van der Waals surface area contributed by atoms with Crippen LogP contribution in [0, 0.1) is 5.92 Å². The predicted octanol–water partition coefficient (Wildman–Crippen LogP) is 3.54. The van der Waals surface area contributed by atoms with Crippen molar-refractivity contribution in [1.82, 2.24) is 4.90 Å². The molecule has 2 aliphatic rings. The Balaban J connectivity index is 1.79. The van der Waals surface area contributed by atoms with Crippen molar-refractivity contribution in [3.63, 3.8) is 0 Å². The van der Waals surface area contributed by atoms with Gasteiger partial charge in [-0.3, -0.25) is 4.79 Å². The number of rotatable bonds is 1. The number of carbonyl (C=O) groups excluding carboxylic acids is 1. The van der Waals surface area contributed by atoms with Crippen molar-refractivity contribution in [2.24, 2.45) is 5.92 Å². The van der Waals surface area contributed by atoms with Crippen molar-refractivity contribution in [3.8, 4) is 0 Å². The fraction of sp³-hybridized carbons (Fsp3) is 0.643. The minimum Gasteiger partial charge on any atom is -0.335 e. The van der Waals surface area contributed by atoms with Gasteiger partial charge in [0.1, 0.15) is 0 Å². The first-order valence-electron chi connectivity index (χ1n) is 6.69. The average molecular weight is 249 g/mol. The number of carbonyl (C=O) groups is 1. The standard InChI is InChI=1S/C14H19NOS/c16-14(12-7-9-17-10-12)15-8-3-5-11-4-1-2-6-13(11)15/h7,9-11,13H,1-6,8H2. The maximum atomic E-state index is 12.4. The molecule has 1 saturated heterocycles. The Labute approximate surface area is 107 Å². The van der Waals surface area contributed by atoms with Crippen LogP contribution in [0.25, 0.3) is 0 Å². The molecule has 1 aromatic heterocycles. The van der Waals surface area contributed by atoms with Crippen molar-refractivity contribution in [2.45, 2.75) is 44.6 Å². The van der Waals surface area contributed by atoms with Crippen molar-refractivity contribution in [2.75, 3.05) is 6.54 Å². The largest absolute Gasteiger partial charge is 0.335 e. The zero-order chi connectivity index (χ0) is 11.7. The summed E-state index contributed by atoms with van der Waals surface area (Å²) in [5.41, 5.74) is 0.890. The molecule has 2 unspecified atom stereocenters. The lowest BCUT2D eigenvalue weighted by molar-refractivity contribution is 0.0391. The van der Waals surface area contributed by atoms with Gasteiger partial charge in [0.2, 0.25) is 0 Å². The van der Waals surface area contributed by atoms with Gasteiger partial charge >= 0.3 is 0 Å². The van der Waals surface area contributed by atoms with E-state index in [4.69, 9.17) is 0 Å². The second-order valence-electron chi connectivity index (χ2n) is 5.26. The van der Waals surface area contributed by atoms with E-state index in [-0.39, 0.29) is 5.91 Å². The van der Waals surface area contributed by atoms with Crippen molar-refractivity contribution < 1.29 is 4.79 Å². The Morgan fingerprint density at radius 3 is 2.88 bits per heavy atom. The number of fused-ring (bicyclic) bond motifs is 1. The molecule has 3 rings (SSSR count). The summed E-state index contributed by atoms with van der Waals surface area (Å²) in [5, 5.41) is 3.98. The first-order chi connectivity index (χ1) is 8.36. The van der Waals surface area contributed by atoms with E-state index < -0.39 is 0 Å². The van der Waals surface area contributed by atoms with Gasteiger partial charge in [-0.25, -0.2) is 0 Å². The zero-order valence-electron chi connectivity index (χ0n) is 10.1. The van der Waals surface area contributed by atoms with E-state index in [9.17, 15) is 4.79 Å². The van der Waals surface area contributed by atoms with Crippen LogP contribution in [-0.4, -0.2) is 23.4 Å². The van der Waals surface area contributed by atoms with E-state index in [0.717, 1.165) is 18.0 Å². The normalized spacial score (nSPS) is 28.8. The van der Waals surface area contributed by atoms with Crippen LogP contribution in [-0.2, 0) is 0 Å². The second-order valence-corrected chi connectivity index (χ2v) is 6.04. The molecule has 2 atom stereocenters. The third kappa shape index (κ3) is 2.13. The van der Waals surface area contributed by atoms with Crippen LogP contribution in [0.4, 0.5) is 0 Å². The van der Waals surface area contributed by atoms with Crippen LogP contribution < -0.4 is 0 Å². The lowest BCUT2D eigenvalue weighted by Crippen LogP contribution is -2.49. The number of likely N-dealkylation sites (tertiary alicyclic amines) is 1. The number of hydrogen-bond acceptors (Lipinski definition) is 2. The van der Waals surface area contributed by atoms with E-state index in [1.807, 2.05) is 16.8 Å². The summed E-state index contributed by atoms with van der Waals surface area (Å²) >= 11 is 1.61. The summed E-state index contributed by atoms with van der Waals surface area (Å²) in [7, 11) is 0. The minimum absolute atomic E-state index is 0.267. The number of hydrogen-bond donors (Lipinski definition) is 0. The summed E-state index contributed by atoms with van der Waals surface area (Å²) in [4.78, 5) is 14.6. The second kappa shape index (κ2) is 4.81. The minimum atomic E-state index is 0.267. The van der Waals surface area contributed by atoms with Crippen molar-refractivity contribution in [3.05, 3.63) is 22.4 Å². The number of amides is 1. The van der Waals surface area contributed by atoms with Crippen molar-refractivity contribution in [1.29, 1.82) is 0 Å². The molecular weight excluding hydrogens is 230 g/mol. The Hall–Kier alpha value is -0.830. The molecule has 1 aliphatic carbocycles. The number of thiophene rings is 1. The van der Waals surface area contributed by atoms with E-state index in [1.165, 1.54) is 38.5 Å². The molecule has 1 saturated carbocycles. The molecule has 2 nitrogen and oxygen atoms in total. The van der Waals surface area contributed by atoms with Gasteiger partial charge in [0.15, 0.2) is 0 Å². The summed E-state index contributed by atoms with van der Waals surface area (Å²) < 4.78 is 0. The third-order valence-electron chi connectivity index (χ3n) is 4.27. The molecule has 0 aromatic carbocycles. The van der Waals surface area contributed by atoms with Crippen molar-refractivity contribution >= 4 is 17.2 Å². The van der Waals surface area contributed by atoms with Crippen LogP contribution in [0.15, 0.2) is 16.8 Å². The molecule has 1 amide bonds. The van der Waals surface area contributed by atoms with Crippen LogP contribution in [0.3, 0.4) is 0 Å². The highest BCUT2D eigenvalue weighted by atomic mass is 32.1. The molecule has 3 heteroatoms. The Morgan fingerprint density at radius 2 is 2.06 bits per heavy atom. The first-order valence-corrected chi connectivity index (χ1v) is 7.64. The lowest BCUT2D eigenvalue weighted by Gasteiger charge is -2.44. The number of nitrogens with zero attached hydrogens (tertiary/aromatic N) is 1. The van der Waals surface area contributed by atoms with Crippen LogP contribution in [0.2, 0.25) is 0 Å². The van der Waals surface area contributed by atoms with Gasteiger partial charge in [0, 0.05) is 18.0 Å². The van der Waals surface area contributed by atoms with Crippen LogP contribution >= 0.6 is 11.3 Å². The Kier molecular flexibility index (Phi) is 3.19. The highest BCUT2D eigenvalue weighted by Gasteiger charge is 2.35. The van der Waals surface area contributed by atoms with E-state index in [0.29, 0.717) is 6.04 Å². The number of piperidine rings is 1. The highest BCUT2D eigenvalue weighted by Crippen LogP contribution is 2.35. The van der Waals surface area contributed by atoms with Gasteiger partial charge in [-0.2, -0.15) is 11.3 Å². The Bertz CT molecular complexity index is 385. The highest BCUT2D eigenvalue weighted by molar-refractivity contribution is 7.08. The predicted molar refractivity (Wildman–Crippen MR) is 70.3 cm³/mol. The molecule has 2 fully saturated rings. The van der Waals surface area contributed by atoms with E-state index in [2.05, 4.69) is 4.90 Å². The van der Waals surface area contributed by atoms with Gasteiger partial charge < -0.3 is 4.90 Å². The topological polar surface area (TPSA) is 20.3 Å². The molecule has 92 valence electrons. The van der Waals surface area contributed by atoms with Gasteiger partial charge in [-0.05, 0) is 43.0 Å². The van der Waals surface area contributed by atoms with Gasteiger partial charge in [0.25, 0.3) is 5.91 Å². The Morgan fingerprint density at radius 1 is 1.24 bits per heavy atom. The lowest BCUT2D eigenvalue weighted by atomic mass is 9.78. The van der Waals surface area contributed by atoms with E-state index in [1.54, 1.807) is 11.3 Å². The molecule has 1 aliphatic heterocycles. The fourth-order valence-corrected chi connectivity index (χ4v) is 4.06. The SMILES string of the molecule is O=C(c1ccsc1)N1CCCC2CCCCC21. The average Bonchev–Trinajstić information content (AvgIpc) is 2.91. The summed E-state index contributed by atoms with van der Waals surface area (Å²) in [6.07, 6.45) is 7.74. The van der Waals surface area contributed by atoms with Crippen LogP contribution in [0.5, 0.6) is 0 Å². The maximum Gasteiger partial charge on any atom is 0.254 e. The molecule has 0 spiro atoms.